The average Bonchev–Trinajstić information content (AvgIpc) is 2.56. The summed E-state index contributed by atoms with van der Waals surface area (Å²) in [5.74, 6) is 0.232. The van der Waals surface area contributed by atoms with Gasteiger partial charge in [0.2, 0.25) is 0 Å². The van der Waals surface area contributed by atoms with Crippen LogP contribution < -0.4 is 5.73 Å². The van der Waals surface area contributed by atoms with Crippen LogP contribution >= 0.6 is 0 Å². The van der Waals surface area contributed by atoms with Crippen molar-refractivity contribution in [1.29, 1.82) is 0 Å². The van der Waals surface area contributed by atoms with Crippen molar-refractivity contribution in [2.45, 2.75) is 0 Å². The van der Waals surface area contributed by atoms with Crippen LogP contribution in [-0.2, 0) is 0 Å². The van der Waals surface area contributed by atoms with Crippen molar-refractivity contribution in [3.63, 3.8) is 0 Å². The second kappa shape index (κ2) is 2.67. The molecule has 3 heteroatoms. The number of benzene rings is 2. The van der Waals surface area contributed by atoms with E-state index in [1.807, 2.05) is 12.1 Å². The van der Waals surface area contributed by atoms with Gasteiger partial charge < -0.3 is 15.3 Å². The molecule has 0 saturated heterocycles. The minimum Gasteiger partial charge on any atom is -0.507 e. The second-order valence-corrected chi connectivity index (χ2v) is 3.51. The molecule has 3 N–H and O–H groups in total. The number of rotatable bonds is 0. The third-order valence-electron chi connectivity index (χ3n) is 2.50. The topological polar surface area (TPSA) is 59.4 Å². The van der Waals surface area contributed by atoms with Gasteiger partial charge in [0.15, 0.2) is 0 Å². The van der Waals surface area contributed by atoms with Gasteiger partial charge >= 0.3 is 0 Å². The highest BCUT2D eigenvalue weighted by Gasteiger charge is 2.09. The number of hydrogen-bond acceptors (Lipinski definition) is 3. The highest BCUT2D eigenvalue weighted by atomic mass is 16.3. The van der Waals surface area contributed by atoms with Gasteiger partial charge in [0.05, 0.1) is 5.39 Å². The second-order valence-electron chi connectivity index (χ2n) is 3.51. The van der Waals surface area contributed by atoms with Gasteiger partial charge in [0.1, 0.15) is 16.9 Å². The maximum Gasteiger partial charge on any atom is 0.139 e. The maximum absolute atomic E-state index is 9.74. The molecule has 1 heterocycles. The Bertz CT molecular complexity index is 655. The summed E-state index contributed by atoms with van der Waals surface area (Å²) in [5.41, 5.74) is 7.69. The summed E-state index contributed by atoms with van der Waals surface area (Å²) in [5, 5.41) is 11.4. The lowest BCUT2D eigenvalue weighted by molar-refractivity contribution is 0.481. The summed E-state index contributed by atoms with van der Waals surface area (Å²) in [4.78, 5) is 0. The Hall–Kier alpha value is -2.16. The average molecular weight is 199 g/mol. The van der Waals surface area contributed by atoms with Gasteiger partial charge in [-0.15, -0.1) is 0 Å². The highest BCUT2D eigenvalue weighted by Crippen LogP contribution is 2.35. The lowest BCUT2D eigenvalue weighted by Crippen LogP contribution is -1.81. The third kappa shape index (κ3) is 1.06. The Balaban J connectivity index is 2.59. The summed E-state index contributed by atoms with van der Waals surface area (Å²) in [6.45, 7) is 0. The van der Waals surface area contributed by atoms with E-state index in [9.17, 15) is 5.11 Å². The molecule has 0 aliphatic carbocycles. The molecule has 0 bridgehead atoms. The standard InChI is InChI=1S/C12H9NO2/c13-7-4-5-8-11(6-7)15-10-3-1-2-9(14)12(8)10/h1-6,14H,13H2. The van der Waals surface area contributed by atoms with Crippen LogP contribution in [0, 0.1) is 0 Å². The zero-order valence-corrected chi connectivity index (χ0v) is 7.90. The number of fused-ring (bicyclic) bond motifs is 3. The number of phenols is 1. The highest BCUT2D eigenvalue weighted by molar-refractivity contribution is 6.08. The van der Waals surface area contributed by atoms with Crippen LogP contribution in [0.25, 0.3) is 21.9 Å². The van der Waals surface area contributed by atoms with Crippen molar-refractivity contribution in [2.75, 3.05) is 5.73 Å². The predicted octanol–water partition coefficient (Wildman–Crippen LogP) is 2.87. The summed E-state index contributed by atoms with van der Waals surface area (Å²) in [7, 11) is 0. The lowest BCUT2D eigenvalue weighted by Gasteiger charge is -1.93. The number of hydrogen-bond donors (Lipinski definition) is 2. The number of aromatic hydroxyl groups is 1. The van der Waals surface area contributed by atoms with E-state index in [0.717, 1.165) is 10.8 Å². The van der Waals surface area contributed by atoms with E-state index in [0.29, 0.717) is 16.9 Å². The molecule has 0 spiro atoms. The van der Waals surface area contributed by atoms with Crippen molar-refractivity contribution in [3.8, 4) is 5.75 Å². The van der Waals surface area contributed by atoms with E-state index >= 15 is 0 Å². The third-order valence-corrected chi connectivity index (χ3v) is 2.50. The Kier molecular flexibility index (Phi) is 1.45. The molecule has 0 atom stereocenters. The van der Waals surface area contributed by atoms with Gasteiger partial charge in [-0.1, -0.05) is 6.07 Å². The Labute approximate surface area is 85.7 Å². The van der Waals surface area contributed by atoms with Crippen molar-refractivity contribution >= 4 is 27.6 Å². The molecule has 0 saturated carbocycles. The molecule has 0 aliphatic rings. The smallest absolute Gasteiger partial charge is 0.139 e. The molecular weight excluding hydrogens is 190 g/mol. The summed E-state index contributed by atoms with van der Waals surface area (Å²) >= 11 is 0. The molecular formula is C12H9NO2. The largest absolute Gasteiger partial charge is 0.507 e. The van der Waals surface area contributed by atoms with Gasteiger partial charge in [-0.2, -0.15) is 0 Å². The van der Waals surface area contributed by atoms with Gasteiger partial charge in [-0.05, 0) is 24.3 Å². The van der Waals surface area contributed by atoms with E-state index < -0.39 is 0 Å². The number of nitrogen functional groups attached to an aromatic ring is 1. The van der Waals surface area contributed by atoms with Gasteiger partial charge in [-0.3, -0.25) is 0 Å². The van der Waals surface area contributed by atoms with Gasteiger partial charge in [-0.25, -0.2) is 0 Å². The molecule has 0 amide bonds. The molecule has 3 rings (SSSR count). The molecule has 2 aromatic carbocycles. The fraction of sp³-hybridized carbons (Fsp3) is 0. The summed E-state index contributed by atoms with van der Waals surface area (Å²) < 4.78 is 5.57. The van der Waals surface area contributed by atoms with Crippen LogP contribution in [-0.4, -0.2) is 5.11 Å². The van der Waals surface area contributed by atoms with Crippen LogP contribution in [0.2, 0.25) is 0 Å². The van der Waals surface area contributed by atoms with Crippen LogP contribution in [0.4, 0.5) is 5.69 Å². The van der Waals surface area contributed by atoms with Crippen LogP contribution in [0.3, 0.4) is 0 Å². The Morgan fingerprint density at radius 3 is 2.80 bits per heavy atom. The Morgan fingerprint density at radius 2 is 1.93 bits per heavy atom. The van der Waals surface area contributed by atoms with E-state index in [1.165, 1.54) is 0 Å². The first-order valence-corrected chi connectivity index (χ1v) is 4.65. The summed E-state index contributed by atoms with van der Waals surface area (Å²) in [6, 6.07) is 10.6. The first kappa shape index (κ1) is 8.17. The van der Waals surface area contributed by atoms with E-state index in [-0.39, 0.29) is 5.75 Å². The normalized spacial score (nSPS) is 11.2. The van der Waals surface area contributed by atoms with Crippen LogP contribution in [0.1, 0.15) is 0 Å². The van der Waals surface area contributed by atoms with E-state index in [4.69, 9.17) is 10.2 Å². The maximum atomic E-state index is 9.74. The number of phenolic OH excluding ortho intramolecular Hbond substituents is 1. The fourth-order valence-electron chi connectivity index (χ4n) is 1.82. The van der Waals surface area contributed by atoms with Crippen LogP contribution in [0.15, 0.2) is 40.8 Å². The van der Waals surface area contributed by atoms with Crippen molar-refractivity contribution in [1.82, 2.24) is 0 Å². The molecule has 0 aliphatic heterocycles. The van der Waals surface area contributed by atoms with E-state index in [1.54, 1.807) is 24.3 Å². The molecule has 1 aromatic heterocycles. The first-order chi connectivity index (χ1) is 7.25. The first-order valence-electron chi connectivity index (χ1n) is 4.65. The molecule has 0 fully saturated rings. The molecule has 15 heavy (non-hydrogen) atoms. The number of nitrogens with two attached hydrogens (primary N) is 1. The minimum absolute atomic E-state index is 0.232. The van der Waals surface area contributed by atoms with Crippen molar-refractivity contribution in [2.24, 2.45) is 0 Å². The minimum atomic E-state index is 0.232. The molecule has 3 nitrogen and oxygen atoms in total. The SMILES string of the molecule is Nc1ccc2c(c1)oc1cccc(O)c12. The summed E-state index contributed by atoms with van der Waals surface area (Å²) in [6.07, 6.45) is 0. The van der Waals surface area contributed by atoms with Crippen molar-refractivity contribution < 1.29 is 9.52 Å². The predicted molar refractivity (Wildman–Crippen MR) is 59.8 cm³/mol. The molecule has 0 unspecified atom stereocenters. The van der Waals surface area contributed by atoms with Gasteiger partial charge in [0.25, 0.3) is 0 Å². The quantitative estimate of drug-likeness (QED) is 0.547. The van der Waals surface area contributed by atoms with E-state index in [2.05, 4.69) is 0 Å². The Morgan fingerprint density at radius 1 is 1.07 bits per heavy atom. The van der Waals surface area contributed by atoms with Gasteiger partial charge in [0, 0.05) is 17.1 Å². The molecule has 74 valence electrons. The zero-order valence-electron chi connectivity index (χ0n) is 7.90. The number of furan rings is 1. The van der Waals surface area contributed by atoms with Crippen LogP contribution in [0.5, 0.6) is 5.75 Å². The van der Waals surface area contributed by atoms with Crippen molar-refractivity contribution in [3.05, 3.63) is 36.4 Å². The lowest BCUT2D eigenvalue weighted by atomic mass is 10.1. The molecule has 3 aromatic rings. The fourth-order valence-corrected chi connectivity index (χ4v) is 1.82. The number of anilines is 1. The zero-order chi connectivity index (χ0) is 10.4. The monoisotopic (exact) mass is 199 g/mol. The molecule has 0 radical (unpaired) electrons.